The van der Waals surface area contributed by atoms with Gasteiger partial charge in [-0.05, 0) is 48.4 Å². The second kappa shape index (κ2) is 7.33. The molecule has 0 aliphatic heterocycles. The topological polar surface area (TPSA) is 12.0 Å². The standard InChI is InChI=1S/C16H16Cl3N/c1-2-8-20-16(11-4-3-5-12(17)9-11)14-7-6-13(18)10-15(14)19/h3-7,9-10,16,20H,2,8H2,1H3. The molecule has 0 bridgehead atoms. The van der Waals surface area contributed by atoms with E-state index in [9.17, 15) is 0 Å². The Hall–Kier alpha value is -0.730. The van der Waals surface area contributed by atoms with Crippen molar-refractivity contribution in [2.75, 3.05) is 6.54 Å². The van der Waals surface area contributed by atoms with Gasteiger partial charge in [0.15, 0.2) is 0 Å². The van der Waals surface area contributed by atoms with E-state index in [1.165, 1.54) is 0 Å². The monoisotopic (exact) mass is 327 g/mol. The molecule has 0 aliphatic carbocycles. The van der Waals surface area contributed by atoms with Gasteiger partial charge in [-0.25, -0.2) is 0 Å². The largest absolute Gasteiger partial charge is 0.306 e. The molecule has 0 heterocycles. The molecule has 1 N–H and O–H groups in total. The molecule has 0 aromatic heterocycles. The van der Waals surface area contributed by atoms with Crippen molar-refractivity contribution in [2.45, 2.75) is 19.4 Å². The van der Waals surface area contributed by atoms with Gasteiger partial charge < -0.3 is 5.32 Å². The van der Waals surface area contributed by atoms with Gasteiger partial charge in [-0.3, -0.25) is 0 Å². The van der Waals surface area contributed by atoms with Gasteiger partial charge >= 0.3 is 0 Å². The lowest BCUT2D eigenvalue weighted by molar-refractivity contribution is 0.599. The highest BCUT2D eigenvalue weighted by molar-refractivity contribution is 6.35. The number of nitrogens with one attached hydrogen (secondary N) is 1. The molecular formula is C16H16Cl3N. The van der Waals surface area contributed by atoms with Crippen LogP contribution in [0.25, 0.3) is 0 Å². The highest BCUT2D eigenvalue weighted by Crippen LogP contribution is 2.31. The smallest absolute Gasteiger partial charge is 0.0592 e. The first-order valence-corrected chi connectivity index (χ1v) is 7.69. The molecule has 0 saturated heterocycles. The summed E-state index contributed by atoms with van der Waals surface area (Å²) in [5.41, 5.74) is 2.10. The molecule has 1 nitrogen and oxygen atoms in total. The summed E-state index contributed by atoms with van der Waals surface area (Å²) in [5, 5.41) is 5.52. The van der Waals surface area contributed by atoms with Crippen molar-refractivity contribution in [1.29, 1.82) is 0 Å². The van der Waals surface area contributed by atoms with E-state index in [-0.39, 0.29) is 6.04 Å². The Balaban J connectivity index is 2.41. The highest BCUT2D eigenvalue weighted by Gasteiger charge is 2.16. The van der Waals surface area contributed by atoms with Crippen LogP contribution in [-0.2, 0) is 0 Å². The van der Waals surface area contributed by atoms with E-state index >= 15 is 0 Å². The average molecular weight is 329 g/mol. The number of hydrogen-bond acceptors (Lipinski definition) is 1. The van der Waals surface area contributed by atoms with Crippen molar-refractivity contribution < 1.29 is 0 Å². The van der Waals surface area contributed by atoms with Crippen LogP contribution in [0.4, 0.5) is 0 Å². The summed E-state index contributed by atoms with van der Waals surface area (Å²) < 4.78 is 0. The van der Waals surface area contributed by atoms with Crippen LogP contribution in [0, 0.1) is 0 Å². The Morgan fingerprint density at radius 1 is 1.00 bits per heavy atom. The van der Waals surface area contributed by atoms with Crippen molar-refractivity contribution in [3.05, 3.63) is 68.7 Å². The Bertz CT molecular complexity index is 584. The van der Waals surface area contributed by atoms with Gasteiger partial charge in [0, 0.05) is 15.1 Å². The quantitative estimate of drug-likeness (QED) is 0.738. The van der Waals surface area contributed by atoms with E-state index in [1.54, 1.807) is 6.07 Å². The molecule has 0 saturated carbocycles. The number of rotatable bonds is 5. The van der Waals surface area contributed by atoms with E-state index in [4.69, 9.17) is 34.8 Å². The van der Waals surface area contributed by atoms with Gasteiger partial charge in [-0.15, -0.1) is 0 Å². The molecule has 0 amide bonds. The van der Waals surface area contributed by atoms with Crippen LogP contribution in [0.15, 0.2) is 42.5 Å². The van der Waals surface area contributed by atoms with Crippen LogP contribution in [0.2, 0.25) is 15.1 Å². The summed E-state index contributed by atoms with van der Waals surface area (Å²) in [7, 11) is 0. The number of halogens is 3. The van der Waals surface area contributed by atoms with Crippen molar-refractivity contribution in [2.24, 2.45) is 0 Å². The molecule has 1 unspecified atom stereocenters. The zero-order chi connectivity index (χ0) is 14.5. The van der Waals surface area contributed by atoms with Crippen molar-refractivity contribution in [3.8, 4) is 0 Å². The van der Waals surface area contributed by atoms with E-state index < -0.39 is 0 Å². The minimum atomic E-state index is 0.0124. The summed E-state index contributed by atoms with van der Waals surface area (Å²) in [6.07, 6.45) is 1.04. The average Bonchev–Trinajstić information content (AvgIpc) is 2.41. The van der Waals surface area contributed by atoms with E-state index in [0.717, 1.165) is 29.1 Å². The van der Waals surface area contributed by atoms with E-state index in [0.29, 0.717) is 10.0 Å². The zero-order valence-electron chi connectivity index (χ0n) is 11.2. The SMILES string of the molecule is CCCNC(c1cccc(Cl)c1)c1ccc(Cl)cc1Cl. The Morgan fingerprint density at radius 2 is 1.75 bits per heavy atom. The third-order valence-electron chi connectivity index (χ3n) is 3.05. The lowest BCUT2D eigenvalue weighted by atomic mass is 9.98. The fourth-order valence-corrected chi connectivity index (χ4v) is 2.83. The fraction of sp³-hybridized carbons (Fsp3) is 0.250. The Labute approximate surface area is 134 Å². The predicted octanol–water partition coefficient (Wildman–Crippen LogP) is 5.74. The van der Waals surface area contributed by atoms with Crippen LogP contribution >= 0.6 is 34.8 Å². The summed E-state index contributed by atoms with van der Waals surface area (Å²) in [5.74, 6) is 0. The number of hydrogen-bond donors (Lipinski definition) is 1. The molecule has 2 aromatic rings. The van der Waals surface area contributed by atoms with Crippen LogP contribution in [-0.4, -0.2) is 6.54 Å². The molecule has 4 heteroatoms. The second-order valence-corrected chi connectivity index (χ2v) is 5.89. The van der Waals surface area contributed by atoms with Crippen LogP contribution in [0.1, 0.15) is 30.5 Å². The first kappa shape index (κ1) is 15.7. The lowest BCUT2D eigenvalue weighted by Crippen LogP contribution is -2.23. The number of benzene rings is 2. The third kappa shape index (κ3) is 3.89. The van der Waals surface area contributed by atoms with Crippen molar-refractivity contribution in [1.82, 2.24) is 5.32 Å². The fourth-order valence-electron chi connectivity index (χ4n) is 2.12. The normalized spacial score (nSPS) is 12.4. The van der Waals surface area contributed by atoms with E-state index in [2.05, 4.69) is 12.2 Å². The maximum absolute atomic E-state index is 6.34. The van der Waals surface area contributed by atoms with Gasteiger partial charge in [0.05, 0.1) is 6.04 Å². The van der Waals surface area contributed by atoms with Crippen LogP contribution < -0.4 is 5.32 Å². The second-order valence-electron chi connectivity index (χ2n) is 4.61. The van der Waals surface area contributed by atoms with Crippen LogP contribution in [0.5, 0.6) is 0 Å². The van der Waals surface area contributed by atoms with Gasteiger partial charge in [-0.2, -0.15) is 0 Å². The van der Waals surface area contributed by atoms with Crippen molar-refractivity contribution in [3.63, 3.8) is 0 Å². The molecule has 0 spiro atoms. The van der Waals surface area contributed by atoms with E-state index in [1.807, 2.05) is 36.4 Å². The molecule has 2 rings (SSSR count). The molecule has 0 radical (unpaired) electrons. The minimum absolute atomic E-state index is 0.0124. The highest BCUT2D eigenvalue weighted by atomic mass is 35.5. The summed E-state index contributed by atoms with van der Waals surface area (Å²) in [6.45, 7) is 3.03. The maximum Gasteiger partial charge on any atom is 0.0592 e. The molecule has 1 atom stereocenters. The summed E-state index contributed by atoms with van der Waals surface area (Å²) >= 11 is 18.4. The summed E-state index contributed by atoms with van der Waals surface area (Å²) in [4.78, 5) is 0. The van der Waals surface area contributed by atoms with Gasteiger partial charge in [0.25, 0.3) is 0 Å². The molecule has 106 valence electrons. The molecule has 0 fully saturated rings. The lowest BCUT2D eigenvalue weighted by Gasteiger charge is -2.21. The van der Waals surface area contributed by atoms with Gasteiger partial charge in [-0.1, -0.05) is 59.9 Å². The first-order chi connectivity index (χ1) is 9.61. The molecule has 0 aliphatic rings. The van der Waals surface area contributed by atoms with Crippen LogP contribution in [0.3, 0.4) is 0 Å². The third-order valence-corrected chi connectivity index (χ3v) is 3.85. The Kier molecular flexibility index (Phi) is 5.74. The molecule has 2 aromatic carbocycles. The van der Waals surface area contributed by atoms with Crippen molar-refractivity contribution >= 4 is 34.8 Å². The maximum atomic E-state index is 6.34. The summed E-state index contributed by atoms with van der Waals surface area (Å²) in [6, 6.07) is 13.4. The molecular weight excluding hydrogens is 313 g/mol. The predicted molar refractivity (Wildman–Crippen MR) is 88.1 cm³/mol. The first-order valence-electron chi connectivity index (χ1n) is 6.55. The molecule has 20 heavy (non-hydrogen) atoms. The van der Waals surface area contributed by atoms with Gasteiger partial charge in [0.2, 0.25) is 0 Å². The van der Waals surface area contributed by atoms with Gasteiger partial charge in [0.1, 0.15) is 0 Å². The minimum Gasteiger partial charge on any atom is -0.306 e. The Morgan fingerprint density at radius 3 is 2.40 bits per heavy atom. The zero-order valence-corrected chi connectivity index (χ0v) is 13.4.